The number of allylic oxidation sites excluding steroid dienone is 1. The predicted octanol–water partition coefficient (Wildman–Crippen LogP) is 2.52. The van der Waals surface area contributed by atoms with E-state index < -0.39 is 12.1 Å². The number of hydrogen-bond donors (Lipinski definition) is 1. The molecule has 0 saturated heterocycles. The molecule has 1 aliphatic rings. The summed E-state index contributed by atoms with van der Waals surface area (Å²) < 4.78 is 5.29. The highest BCUT2D eigenvalue weighted by Gasteiger charge is 2.30. The molecule has 4 nitrogen and oxygen atoms in total. The zero-order valence-electron chi connectivity index (χ0n) is 11.5. The van der Waals surface area contributed by atoms with Crippen LogP contribution in [0.15, 0.2) is 42.5 Å². The van der Waals surface area contributed by atoms with Crippen LogP contribution in [-0.4, -0.2) is 17.9 Å². The molecule has 106 valence electrons. The first-order valence-electron chi connectivity index (χ1n) is 6.93. The van der Waals surface area contributed by atoms with Crippen LogP contribution in [0.3, 0.4) is 0 Å². The Morgan fingerprint density at radius 2 is 2.05 bits per heavy atom. The van der Waals surface area contributed by atoms with Crippen molar-refractivity contribution in [2.24, 2.45) is 0 Å². The predicted molar refractivity (Wildman–Crippen MR) is 75.9 cm³/mol. The smallest absolute Gasteiger partial charge is 0.331 e. The first-order valence-corrected chi connectivity index (χ1v) is 6.93. The summed E-state index contributed by atoms with van der Waals surface area (Å²) in [5.74, 6) is -0.747. The van der Waals surface area contributed by atoms with Gasteiger partial charge in [0.2, 0.25) is 6.10 Å². The second-order valence-corrected chi connectivity index (χ2v) is 4.82. The van der Waals surface area contributed by atoms with Gasteiger partial charge in [-0.05, 0) is 19.3 Å². The second kappa shape index (κ2) is 6.89. The van der Waals surface area contributed by atoms with Gasteiger partial charge in [-0.15, -0.1) is 0 Å². The minimum absolute atomic E-state index is 0.235. The van der Waals surface area contributed by atoms with Gasteiger partial charge >= 0.3 is 5.97 Å². The molecular weight excluding hydrogens is 254 g/mol. The highest BCUT2D eigenvalue weighted by atomic mass is 16.5. The minimum Gasteiger partial charge on any atom is -0.444 e. The van der Waals surface area contributed by atoms with Crippen molar-refractivity contribution >= 4 is 11.9 Å². The number of esters is 1. The summed E-state index contributed by atoms with van der Waals surface area (Å²) in [7, 11) is 0. The van der Waals surface area contributed by atoms with Gasteiger partial charge in [-0.2, -0.15) is 0 Å². The summed E-state index contributed by atoms with van der Waals surface area (Å²) in [5, 5.41) is 2.87. The summed E-state index contributed by atoms with van der Waals surface area (Å²) >= 11 is 0. The summed E-state index contributed by atoms with van der Waals surface area (Å²) in [6.07, 6.45) is 4.93. The number of rotatable bonds is 6. The average Bonchev–Trinajstić information content (AvgIpc) is 3.27. The highest BCUT2D eigenvalue weighted by Crippen LogP contribution is 2.23. The summed E-state index contributed by atoms with van der Waals surface area (Å²) in [6.45, 7) is 1.93. The molecule has 0 aromatic heterocycles. The Morgan fingerprint density at radius 3 is 2.65 bits per heavy atom. The van der Waals surface area contributed by atoms with Gasteiger partial charge in [0.05, 0.1) is 0 Å². The molecule has 0 spiro atoms. The molecule has 1 aliphatic carbocycles. The molecule has 1 N–H and O–H groups in total. The van der Waals surface area contributed by atoms with E-state index in [0.29, 0.717) is 5.56 Å². The van der Waals surface area contributed by atoms with E-state index in [-0.39, 0.29) is 11.9 Å². The summed E-state index contributed by atoms with van der Waals surface area (Å²) in [4.78, 5) is 23.9. The lowest BCUT2D eigenvalue weighted by Gasteiger charge is -2.17. The van der Waals surface area contributed by atoms with E-state index >= 15 is 0 Å². The minimum atomic E-state index is -0.884. The molecule has 0 unspecified atom stereocenters. The van der Waals surface area contributed by atoms with Crippen molar-refractivity contribution in [3.8, 4) is 0 Å². The van der Waals surface area contributed by atoms with Crippen LogP contribution >= 0.6 is 0 Å². The van der Waals surface area contributed by atoms with Crippen LogP contribution in [0.1, 0.15) is 37.9 Å². The second-order valence-electron chi connectivity index (χ2n) is 4.82. The van der Waals surface area contributed by atoms with E-state index in [2.05, 4.69) is 5.32 Å². The van der Waals surface area contributed by atoms with Gasteiger partial charge in [0.15, 0.2) is 0 Å². The van der Waals surface area contributed by atoms with Crippen molar-refractivity contribution in [1.82, 2.24) is 5.32 Å². The molecule has 0 heterocycles. The van der Waals surface area contributed by atoms with Crippen molar-refractivity contribution in [2.45, 2.75) is 38.3 Å². The number of hydrogen-bond acceptors (Lipinski definition) is 3. The molecular formula is C16H19NO3. The Kier molecular flexibility index (Phi) is 4.93. The van der Waals surface area contributed by atoms with E-state index in [4.69, 9.17) is 4.74 Å². The fourth-order valence-electron chi connectivity index (χ4n) is 1.77. The molecule has 0 bridgehead atoms. The fraction of sp³-hybridized carbons (Fsp3) is 0.375. The zero-order chi connectivity index (χ0) is 14.4. The quantitative estimate of drug-likeness (QED) is 0.640. The summed E-state index contributed by atoms with van der Waals surface area (Å²) in [5.41, 5.74) is 0.684. The third-order valence-corrected chi connectivity index (χ3v) is 2.99. The van der Waals surface area contributed by atoms with Crippen molar-refractivity contribution in [3.05, 3.63) is 48.0 Å². The lowest BCUT2D eigenvalue weighted by molar-refractivity contribution is -0.152. The SMILES string of the molecule is CC/C=C/C(=O)O[C@H](C(=O)NC1CC1)c1ccccc1. The first-order chi connectivity index (χ1) is 9.70. The lowest BCUT2D eigenvalue weighted by atomic mass is 10.1. The van der Waals surface area contributed by atoms with E-state index in [9.17, 15) is 9.59 Å². The molecule has 1 atom stereocenters. The van der Waals surface area contributed by atoms with Gasteiger partial charge in [-0.25, -0.2) is 4.79 Å². The van der Waals surface area contributed by atoms with Crippen LogP contribution in [0.25, 0.3) is 0 Å². The van der Waals surface area contributed by atoms with Gasteiger partial charge in [-0.1, -0.05) is 43.3 Å². The molecule has 1 saturated carbocycles. The van der Waals surface area contributed by atoms with Gasteiger partial charge in [0.25, 0.3) is 5.91 Å². The van der Waals surface area contributed by atoms with Crippen LogP contribution in [0.4, 0.5) is 0 Å². The Hall–Kier alpha value is -2.10. The lowest BCUT2D eigenvalue weighted by Crippen LogP contribution is -2.33. The molecule has 4 heteroatoms. The van der Waals surface area contributed by atoms with E-state index in [1.54, 1.807) is 18.2 Å². The van der Waals surface area contributed by atoms with Gasteiger partial charge < -0.3 is 10.1 Å². The van der Waals surface area contributed by atoms with Crippen molar-refractivity contribution in [2.75, 3.05) is 0 Å². The molecule has 2 rings (SSSR count). The van der Waals surface area contributed by atoms with E-state index in [1.165, 1.54) is 6.08 Å². The topological polar surface area (TPSA) is 55.4 Å². The number of carbonyl (C=O) groups is 2. The highest BCUT2D eigenvalue weighted by molar-refractivity contribution is 5.88. The monoisotopic (exact) mass is 273 g/mol. The molecule has 1 aromatic carbocycles. The number of carbonyl (C=O) groups excluding carboxylic acids is 2. The third-order valence-electron chi connectivity index (χ3n) is 2.99. The zero-order valence-corrected chi connectivity index (χ0v) is 11.5. The van der Waals surface area contributed by atoms with Crippen LogP contribution in [-0.2, 0) is 14.3 Å². The number of ether oxygens (including phenoxy) is 1. The maximum atomic E-state index is 12.2. The number of benzene rings is 1. The van der Waals surface area contributed by atoms with Gasteiger partial charge in [0.1, 0.15) is 0 Å². The maximum Gasteiger partial charge on any atom is 0.331 e. The van der Waals surface area contributed by atoms with Gasteiger partial charge in [-0.3, -0.25) is 4.79 Å². The Bertz CT molecular complexity index is 492. The average molecular weight is 273 g/mol. The molecule has 1 fully saturated rings. The number of nitrogens with one attached hydrogen (secondary N) is 1. The molecule has 0 aliphatic heterocycles. The first kappa shape index (κ1) is 14.3. The largest absolute Gasteiger partial charge is 0.444 e. The molecule has 1 amide bonds. The fourth-order valence-corrected chi connectivity index (χ4v) is 1.77. The standard InChI is InChI=1S/C16H19NO3/c1-2-3-9-14(18)20-15(12-7-5-4-6-8-12)16(19)17-13-10-11-13/h3-9,13,15H,2,10-11H2,1H3,(H,17,19)/b9-3+/t15-/m0/s1. The normalized spacial score (nSPS) is 15.8. The van der Waals surface area contributed by atoms with Crippen LogP contribution < -0.4 is 5.32 Å². The Labute approximate surface area is 118 Å². The van der Waals surface area contributed by atoms with Crippen LogP contribution in [0.2, 0.25) is 0 Å². The number of amides is 1. The van der Waals surface area contributed by atoms with E-state index in [0.717, 1.165) is 19.3 Å². The molecule has 20 heavy (non-hydrogen) atoms. The molecule has 1 aromatic rings. The van der Waals surface area contributed by atoms with Crippen LogP contribution in [0.5, 0.6) is 0 Å². The van der Waals surface area contributed by atoms with E-state index in [1.807, 2.05) is 25.1 Å². The maximum absolute atomic E-state index is 12.2. The van der Waals surface area contributed by atoms with Crippen molar-refractivity contribution < 1.29 is 14.3 Å². The van der Waals surface area contributed by atoms with Crippen LogP contribution in [0, 0.1) is 0 Å². The van der Waals surface area contributed by atoms with Gasteiger partial charge in [0, 0.05) is 17.7 Å². The third kappa shape index (κ3) is 4.23. The van der Waals surface area contributed by atoms with Crippen molar-refractivity contribution in [1.29, 1.82) is 0 Å². The Balaban J connectivity index is 2.08. The van der Waals surface area contributed by atoms with Crippen molar-refractivity contribution in [3.63, 3.8) is 0 Å². The Morgan fingerprint density at radius 1 is 1.35 bits per heavy atom. The summed E-state index contributed by atoms with van der Waals surface area (Å²) in [6, 6.07) is 9.31. The molecule has 0 radical (unpaired) electrons.